The second-order valence-electron chi connectivity index (χ2n) is 5.84. The summed E-state index contributed by atoms with van der Waals surface area (Å²) in [4.78, 5) is 36.7. The van der Waals surface area contributed by atoms with Gasteiger partial charge < -0.3 is 25.4 Å². The lowest BCUT2D eigenvalue weighted by Gasteiger charge is -2.18. The minimum absolute atomic E-state index is 0.210. The molecule has 28 heavy (non-hydrogen) atoms. The molecule has 0 radical (unpaired) electrons. The summed E-state index contributed by atoms with van der Waals surface area (Å²) >= 11 is 0. The van der Waals surface area contributed by atoms with E-state index in [1.54, 1.807) is 0 Å². The maximum absolute atomic E-state index is 12.9. The van der Waals surface area contributed by atoms with E-state index in [-0.39, 0.29) is 30.2 Å². The number of rotatable bonds is 8. The van der Waals surface area contributed by atoms with Crippen molar-refractivity contribution in [2.45, 2.75) is 0 Å². The van der Waals surface area contributed by atoms with Crippen LogP contribution in [0.4, 0.5) is 10.1 Å². The number of carbonyl (C=O) groups excluding carboxylic acids is 3. The molecule has 0 aliphatic rings. The van der Waals surface area contributed by atoms with Gasteiger partial charge in [-0.25, -0.2) is 4.39 Å². The van der Waals surface area contributed by atoms with Crippen molar-refractivity contribution >= 4 is 23.4 Å². The minimum atomic E-state index is -0.644. The molecular formula is C19H20FN3O5. The number of anilines is 1. The SMILES string of the molecule is COc1cc(C(=O)N(C)CC(=O)Nc2ccc(F)cc2)ccc1OCC(N)=O. The number of nitrogens with one attached hydrogen (secondary N) is 1. The van der Waals surface area contributed by atoms with E-state index in [1.807, 2.05) is 0 Å². The first-order valence-corrected chi connectivity index (χ1v) is 8.20. The summed E-state index contributed by atoms with van der Waals surface area (Å²) in [6.45, 7) is -0.536. The molecule has 2 aromatic carbocycles. The zero-order valence-electron chi connectivity index (χ0n) is 15.4. The third kappa shape index (κ3) is 5.70. The predicted molar refractivity (Wildman–Crippen MR) is 99.7 cm³/mol. The average Bonchev–Trinajstić information content (AvgIpc) is 2.67. The molecule has 0 unspecified atom stereocenters. The molecule has 0 aromatic heterocycles. The fourth-order valence-corrected chi connectivity index (χ4v) is 2.31. The summed E-state index contributed by atoms with van der Waals surface area (Å²) in [6.07, 6.45) is 0. The van der Waals surface area contributed by atoms with E-state index in [0.717, 1.165) is 0 Å². The van der Waals surface area contributed by atoms with Crippen molar-refractivity contribution in [3.63, 3.8) is 0 Å². The zero-order chi connectivity index (χ0) is 20.7. The first kappa shape index (κ1) is 20.7. The van der Waals surface area contributed by atoms with E-state index in [2.05, 4.69) is 5.32 Å². The molecule has 3 N–H and O–H groups in total. The van der Waals surface area contributed by atoms with Crippen LogP contribution in [0.15, 0.2) is 42.5 Å². The molecule has 0 saturated carbocycles. The Balaban J connectivity index is 2.02. The Morgan fingerprint density at radius 3 is 2.39 bits per heavy atom. The van der Waals surface area contributed by atoms with Crippen LogP contribution < -0.4 is 20.5 Å². The quantitative estimate of drug-likeness (QED) is 0.709. The van der Waals surface area contributed by atoms with Crippen LogP contribution in [0.3, 0.4) is 0 Å². The van der Waals surface area contributed by atoms with Crippen molar-refractivity contribution < 1.29 is 28.2 Å². The highest BCUT2D eigenvalue weighted by Gasteiger charge is 2.17. The van der Waals surface area contributed by atoms with Crippen molar-refractivity contribution in [2.75, 3.05) is 32.6 Å². The number of likely N-dealkylation sites (N-methyl/N-ethyl adjacent to an activating group) is 1. The summed E-state index contributed by atoms with van der Waals surface area (Å²) in [5.74, 6) is -1.41. The summed E-state index contributed by atoms with van der Waals surface area (Å²) < 4.78 is 23.3. The molecule has 0 fully saturated rings. The Bertz CT molecular complexity index is 870. The van der Waals surface area contributed by atoms with E-state index in [4.69, 9.17) is 15.2 Å². The molecule has 148 valence electrons. The number of hydrogen-bond acceptors (Lipinski definition) is 5. The van der Waals surface area contributed by atoms with Gasteiger partial charge in [0.15, 0.2) is 18.1 Å². The van der Waals surface area contributed by atoms with Gasteiger partial charge in [-0.3, -0.25) is 14.4 Å². The molecule has 0 aliphatic heterocycles. The number of nitrogens with two attached hydrogens (primary N) is 1. The van der Waals surface area contributed by atoms with Crippen molar-refractivity contribution in [3.8, 4) is 11.5 Å². The van der Waals surface area contributed by atoms with E-state index >= 15 is 0 Å². The molecule has 0 bridgehead atoms. The number of primary amides is 1. The van der Waals surface area contributed by atoms with Gasteiger partial charge in [-0.1, -0.05) is 0 Å². The monoisotopic (exact) mass is 389 g/mol. The van der Waals surface area contributed by atoms with Crippen molar-refractivity contribution in [1.82, 2.24) is 4.90 Å². The van der Waals surface area contributed by atoms with E-state index in [9.17, 15) is 18.8 Å². The highest BCUT2D eigenvalue weighted by Crippen LogP contribution is 2.28. The van der Waals surface area contributed by atoms with Crippen LogP contribution in [0.2, 0.25) is 0 Å². The highest BCUT2D eigenvalue weighted by atomic mass is 19.1. The van der Waals surface area contributed by atoms with Crippen LogP contribution in [-0.4, -0.2) is 49.9 Å². The zero-order valence-corrected chi connectivity index (χ0v) is 15.4. The van der Waals surface area contributed by atoms with Crippen LogP contribution in [0.5, 0.6) is 11.5 Å². The molecule has 9 heteroatoms. The normalized spacial score (nSPS) is 10.1. The Labute approximate surface area is 161 Å². The summed E-state index contributed by atoms with van der Waals surface area (Å²) in [6, 6.07) is 9.68. The highest BCUT2D eigenvalue weighted by molar-refractivity contribution is 5.99. The lowest BCUT2D eigenvalue weighted by atomic mass is 10.1. The Hall–Kier alpha value is -3.62. The number of carbonyl (C=O) groups is 3. The third-order valence-corrected chi connectivity index (χ3v) is 3.64. The maximum atomic E-state index is 12.9. The van der Waals surface area contributed by atoms with Crippen LogP contribution in [0, 0.1) is 5.82 Å². The van der Waals surface area contributed by atoms with E-state index in [0.29, 0.717) is 5.69 Å². The topological polar surface area (TPSA) is 111 Å². The second-order valence-corrected chi connectivity index (χ2v) is 5.84. The number of amides is 3. The Morgan fingerprint density at radius 2 is 1.79 bits per heavy atom. The van der Waals surface area contributed by atoms with Gasteiger partial charge in [-0.15, -0.1) is 0 Å². The molecule has 0 saturated heterocycles. The number of benzene rings is 2. The molecule has 0 aliphatic carbocycles. The maximum Gasteiger partial charge on any atom is 0.255 e. The average molecular weight is 389 g/mol. The van der Waals surface area contributed by atoms with Crippen molar-refractivity contribution in [2.24, 2.45) is 5.73 Å². The molecule has 0 heterocycles. The first-order valence-electron chi connectivity index (χ1n) is 8.20. The van der Waals surface area contributed by atoms with Gasteiger partial charge in [-0.2, -0.15) is 0 Å². The second kappa shape index (κ2) is 9.36. The Kier molecular flexibility index (Phi) is 6.91. The van der Waals surface area contributed by atoms with Crippen molar-refractivity contribution in [3.05, 3.63) is 53.8 Å². The lowest BCUT2D eigenvalue weighted by Crippen LogP contribution is -2.34. The Morgan fingerprint density at radius 1 is 1.11 bits per heavy atom. The largest absolute Gasteiger partial charge is 0.493 e. The number of methoxy groups -OCH3 is 1. The van der Waals surface area contributed by atoms with Gasteiger partial charge in [0, 0.05) is 18.3 Å². The molecule has 0 spiro atoms. The van der Waals surface area contributed by atoms with Gasteiger partial charge in [0.05, 0.1) is 13.7 Å². The molecule has 0 atom stereocenters. The van der Waals surface area contributed by atoms with Crippen molar-refractivity contribution in [1.29, 1.82) is 0 Å². The lowest BCUT2D eigenvalue weighted by molar-refractivity contribution is -0.120. The fourth-order valence-electron chi connectivity index (χ4n) is 2.31. The number of hydrogen-bond donors (Lipinski definition) is 2. The standard InChI is InChI=1S/C19H20FN3O5/c1-23(10-18(25)22-14-6-4-13(20)5-7-14)19(26)12-3-8-15(16(9-12)27-2)28-11-17(21)24/h3-9H,10-11H2,1-2H3,(H2,21,24)(H,22,25). The van der Waals surface area contributed by atoms with E-state index < -0.39 is 23.5 Å². The van der Waals surface area contributed by atoms with Gasteiger partial charge in [0.1, 0.15) is 5.82 Å². The molecule has 8 nitrogen and oxygen atoms in total. The molecule has 2 aromatic rings. The minimum Gasteiger partial charge on any atom is -0.493 e. The molecular weight excluding hydrogens is 369 g/mol. The predicted octanol–water partition coefficient (Wildman–Crippen LogP) is 1.41. The summed E-state index contributed by atoms with van der Waals surface area (Å²) in [7, 11) is 2.86. The number of ether oxygens (including phenoxy) is 2. The number of halogens is 1. The summed E-state index contributed by atoms with van der Waals surface area (Å²) in [5.41, 5.74) is 5.72. The smallest absolute Gasteiger partial charge is 0.255 e. The third-order valence-electron chi connectivity index (χ3n) is 3.64. The first-order chi connectivity index (χ1) is 13.3. The van der Waals surface area contributed by atoms with Crippen LogP contribution in [0.1, 0.15) is 10.4 Å². The van der Waals surface area contributed by atoms with Crippen LogP contribution in [0.25, 0.3) is 0 Å². The van der Waals surface area contributed by atoms with Crippen LogP contribution in [-0.2, 0) is 9.59 Å². The molecule has 3 amide bonds. The molecule has 2 rings (SSSR count). The van der Waals surface area contributed by atoms with Crippen LogP contribution >= 0.6 is 0 Å². The van der Waals surface area contributed by atoms with Gasteiger partial charge in [-0.05, 0) is 42.5 Å². The fraction of sp³-hybridized carbons (Fsp3) is 0.211. The summed E-state index contributed by atoms with van der Waals surface area (Å²) in [5, 5.41) is 2.58. The van der Waals surface area contributed by atoms with E-state index in [1.165, 1.54) is 61.5 Å². The van der Waals surface area contributed by atoms with Gasteiger partial charge in [0.2, 0.25) is 5.91 Å². The number of nitrogens with zero attached hydrogens (tertiary/aromatic N) is 1. The van der Waals surface area contributed by atoms with Gasteiger partial charge >= 0.3 is 0 Å². The van der Waals surface area contributed by atoms with Gasteiger partial charge in [0.25, 0.3) is 11.8 Å².